The fourth-order valence-electron chi connectivity index (χ4n) is 0.830. The van der Waals surface area contributed by atoms with Crippen LogP contribution >= 0.6 is 0 Å². The van der Waals surface area contributed by atoms with Gasteiger partial charge in [0.05, 0.1) is 13.2 Å². The molecule has 0 aromatic rings. The number of hydrogen-bond acceptors (Lipinski definition) is 3. The van der Waals surface area contributed by atoms with Gasteiger partial charge in [0.25, 0.3) is 0 Å². The Kier molecular flexibility index (Phi) is 2.70. The quantitative estimate of drug-likeness (QED) is 0.485. The molecule has 4 nitrogen and oxygen atoms in total. The van der Waals surface area contributed by atoms with Crippen LogP contribution in [0.1, 0.15) is 0 Å². The summed E-state index contributed by atoms with van der Waals surface area (Å²) in [4.78, 5) is 12.4. The molecule has 0 aromatic heterocycles. The van der Waals surface area contributed by atoms with Crippen LogP contribution in [0.2, 0.25) is 0 Å². The Morgan fingerprint density at radius 1 is 1.80 bits per heavy atom. The maximum absolute atomic E-state index is 10.7. The molecule has 1 aliphatic heterocycles. The zero-order valence-corrected chi connectivity index (χ0v) is 8.00. The highest BCUT2D eigenvalue weighted by Crippen LogP contribution is 2.01. The van der Waals surface area contributed by atoms with Crippen LogP contribution in [0.25, 0.3) is 0 Å². The number of hydrogen-bond donors (Lipinski definition) is 0. The lowest BCUT2D eigenvalue weighted by Crippen LogP contribution is -2.27. The maximum atomic E-state index is 10.7. The molecule has 0 atom stereocenters. The van der Waals surface area contributed by atoms with Gasteiger partial charge in [-0.15, -0.1) is 0 Å². The standard InChI is InChI=1S/C5H11NO3Si/c7-5-6(1-3-8-5)2-4-9-10/h1-4H2,10H3. The normalized spacial score (nSPS) is 18.0. The fourth-order valence-corrected chi connectivity index (χ4v) is 1.01. The monoisotopic (exact) mass is 161 g/mol. The van der Waals surface area contributed by atoms with E-state index in [0.717, 1.165) is 10.5 Å². The largest absolute Gasteiger partial charge is 0.448 e. The summed E-state index contributed by atoms with van der Waals surface area (Å²) < 4.78 is 9.65. The van der Waals surface area contributed by atoms with Crippen molar-refractivity contribution in [3.63, 3.8) is 0 Å². The summed E-state index contributed by atoms with van der Waals surface area (Å²) in [5.41, 5.74) is 0. The van der Waals surface area contributed by atoms with Crippen molar-refractivity contribution in [2.45, 2.75) is 0 Å². The number of carbonyl (C=O) groups excluding carboxylic acids is 1. The SMILES string of the molecule is O=C1OCCN1CCO[SiH3]. The summed E-state index contributed by atoms with van der Waals surface area (Å²) >= 11 is 0. The molecule has 0 aromatic carbocycles. The molecule has 10 heavy (non-hydrogen) atoms. The van der Waals surface area contributed by atoms with Crippen LogP contribution in [0.4, 0.5) is 4.79 Å². The topological polar surface area (TPSA) is 38.8 Å². The molecule has 1 heterocycles. The molecular weight excluding hydrogens is 150 g/mol. The lowest BCUT2D eigenvalue weighted by Gasteiger charge is -2.10. The average Bonchev–Trinajstić information content (AvgIpc) is 2.31. The van der Waals surface area contributed by atoms with Crippen molar-refractivity contribution in [2.24, 2.45) is 0 Å². The van der Waals surface area contributed by atoms with Gasteiger partial charge in [0.1, 0.15) is 17.1 Å². The minimum atomic E-state index is -0.210. The molecule has 0 bridgehead atoms. The third-order valence-corrected chi connectivity index (χ3v) is 1.82. The van der Waals surface area contributed by atoms with Gasteiger partial charge in [-0.2, -0.15) is 0 Å². The number of cyclic esters (lactones) is 1. The molecule has 1 aliphatic rings. The fraction of sp³-hybridized carbons (Fsp3) is 0.800. The Balaban J connectivity index is 2.20. The number of amides is 1. The molecule has 1 rings (SSSR count). The van der Waals surface area contributed by atoms with Crippen LogP contribution in [0.3, 0.4) is 0 Å². The van der Waals surface area contributed by atoms with E-state index in [1.165, 1.54) is 0 Å². The first-order chi connectivity index (χ1) is 4.84. The highest BCUT2D eigenvalue weighted by Gasteiger charge is 2.20. The van der Waals surface area contributed by atoms with Gasteiger partial charge >= 0.3 is 6.09 Å². The van der Waals surface area contributed by atoms with Crippen molar-refractivity contribution in [2.75, 3.05) is 26.3 Å². The third-order valence-electron chi connectivity index (χ3n) is 1.41. The van der Waals surface area contributed by atoms with Gasteiger partial charge in [-0.05, 0) is 0 Å². The van der Waals surface area contributed by atoms with Crippen molar-refractivity contribution in [1.29, 1.82) is 0 Å². The van der Waals surface area contributed by atoms with E-state index in [1.807, 2.05) is 0 Å². The minimum absolute atomic E-state index is 0.210. The second kappa shape index (κ2) is 3.57. The molecule has 0 N–H and O–H groups in total. The van der Waals surface area contributed by atoms with Gasteiger partial charge in [0.2, 0.25) is 0 Å². The van der Waals surface area contributed by atoms with Crippen molar-refractivity contribution < 1.29 is 14.0 Å². The molecule has 1 amide bonds. The van der Waals surface area contributed by atoms with Crippen LogP contribution in [0.15, 0.2) is 0 Å². The predicted octanol–water partition coefficient (Wildman–Crippen LogP) is -1.26. The minimum Gasteiger partial charge on any atom is -0.448 e. The zero-order chi connectivity index (χ0) is 7.40. The molecule has 0 spiro atoms. The first-order valence-corrected chi connectivity index (χ1v) is 4.07. The van der Waals surface area contributed by atoms with Crippen molar-refractivity contribution >= 4 is 16.6 Å². The summed E-state index contributed by atoms with van der Waals surface area (Å²) in [6.45, 7) is 2.55. The molecular formula is C5H11NO3Si. The zero-order valence-electron chi connectivity index (χ0n) is 6.00. The summed E-state index contributed by atoms with van der Waals surface area (Å²) in [7, 11) is 0.735. The molecule has 0 radical (unpaired) electrons. The Bertz CT molecular complexity index is 130. The van der Waals surface area contributed by atoms with Crippen LogP contribution < -0.4 is 0 Å². The Morgan fingerprint density at radius 2 is 2.60 bits per heavy atom. The number of nitrogens with zero attached hydrogens (tertiary/aromatic N) is 1. The molecule has 0 aliphatic carbocycles. The van der Waals surface area contributed by atoms with Crippen LogP contribution in [-0.2, 0) is 9.16 Å². The van der Waals surface area contributed by atoms with Gasteiger partial charge in [-0.3, -0.25) is 0 Å². The van der Waals surface area contributed by atoms with E-state index < -0.39 is 0 Å². The van der Waals surface area contributed by atoms with Gasteiger partial charge in [0, 0.05) is 6.54 Å². The molecule has 1 fully saturated rings. The Hall–Kier alpha value is -0.553. The number of ether oxygens (including phenoxy) is 1. The van der Waals surface area contributed by atoms with Gasteiger partial charge in [-0.25, -0.2) is 4.79 Å². The van der Waals surface area contributed by atoms with E-state index in [2.05, 4.69) is 0 Å². The van der Waals surface area contributed by atoms with Crippen LogP contribution in [0.5, 0.6) is 0 Å². The number of carbonyl (C=O) groups is 1. The average molecular weight is 161 g/mol. The summed E-state index contributed by atoms with van der Waals surface area (Å²) in [6.07, 6.45) is -0.210. The highest BCUT2D eigenvalue weighted by atomic mass is 28.2. The second-order valence-corrected chi connectivity index (χ2v) is 2.67. The molecule has 5 heteroatoms. The van der Waals surface area contributed by atoms with E-state index in [9.17, 15) is 4.79 Å². The Morgan fingerprint density at radius 3 is 3.10 bits per heavy atom. The van der Waals surface area contributed by atoms with Gasteiger partial charge < -0.3 is 14.1 Å². The van der Waals surface area contributed by atoms with Crippen LogP contribution in [0, 0.1) is 0 Å². The van der Waals surface area contributed by atoms with E-state index >= 15 is 0 Å². The lowest BCUT2D eigenvalue weighted by atomic mass is 10.5. The molecule has 58 valence electrons. The molecule has 0 unspecified atom stereocenters. The number of rotatable bonds is 3. The van der Waals surface area contributed by atoms with E-state index in [0.29, 0.717) is 26.3 Å². The van der Waals surface area contributed by atoms with Gasteiger partial charge in [0.15, 0.2) is 0 Å². The van der Waals surface area contributed by atoms with Crippen LogP contribution in [-0.4, -0.2) is 47.8 Å². The lowest BCUT2D eigenvalue weighted by molar-refractivity contribution is 0.154. The van der Waals surface area contributed by atoms with Crippen molar-refractivity contribution in [3.05, 3.63) is 0 Å². The maximum Gasteiger partial charge on any atom is 0.410 e. The Labute approximate surface area is 62.6 Å². The summed E-state index contributed by atoms with van der Waals surface area (Å²) in [5, 5.41) is 0. The first-order valence-electron chi connectivity index (χ1n) is 3.25. The van der Waals surface area contributed by atoms with E-state index in [1.54, 1.807) is 4.90 Å². The second-order valence-electron chi connectivity index (χ2n) is 2.09. The molecule has 1 saturated heterocycles. The third kappa shape index (κ3) is 1.71. The first kappa shape index (κ1) is 7.55. The van der Waals surface area contributed by atoms with E-state index in [-0.39, 0.29) is 6.09 Å². The predicted molar refractivity (Wildman–Crippen MR) is 38.8 cm³/mol. The van der Waals surface area contributed by atoms with Crippen molar-refractivity contribution in [3.8, 4) is 0 Å². The van der Waals surface area contributed by atoms with E-state index in [4.69, 9.17) is 9.16 Å². The smallest absolute Gasteiger partial charge is 0.410 e. The molecule has 0 saturated carbocycles. The summed E-state index contributed by atoms with van der Waals surface area (Å²) in [5.74, 6) is 0. The van der Waals surface area contributed by atoms with Gasteiger partial charge in [-0.1, -0.05) is 0 Å². The summed E-state index contributed by atoms with van der Waals surface area (Å²) in [6, 6.07) is 0. The highest BCUT2D eigenvalue weighted by molar-refractivity contribution is 5.97. The van der Waals surface area contributed by atoms with Crippen molar-refractivity contribution in [1.82, 2.24) is 4.90 Å².